The molecule has 2 rings (SSSR count). The first-order valence-corrected chi connectivity index (χ1v) is 5.44. The van der Waals surface area contributed by atoms with Crippen molar-refractivity contribution in [2.24, 2.45) is 23.7 Å². The highest BCUT2D eigenvalue weighted by Crippen LogP contribution is 2.40. The fraction of sp³-hybridized carbons (Fsp3) is 0.833. The molecule has 2 aliphatic carbocycles. The lowest BCUT2D eigenvalue weighted by Crippen LogP contribution is -2.26. The van der Waals surface area contributed by atoms with Crippen LogP contribution >= 0.6 is 0 Å². The maximum atomic E-state index is 2.49. The van der Waals surface area contributed by atoms with Gasteiger partial charge in [0.1, 0.15) is 0 Å². The number of hydrogen-bond acceptors (Lipinski definition) is 0. The second-order valence-corrected chi connectivity index (χ2v) is 4.94. The molecule has 4 unspecified atom stereocenters. The molecule has 0 aromatic carbocycles. The molecular formula is C12H20. The maximum absolute atomic E-state index is 2.49. The Hall–Kier alpha value is -0.260. The molecule has 4 atom stereocenters. The highest BCUT2D eigenvalue weighted by atomic mass is 14.3. The molecule has 2 aliphatic rings. The molecule has 0 heteroatoms. The smallest absolute Gasteiger partial charge is 0.0202 e. The summed E-state index contributed by atoms with van der Waals surface area (Å²) in [5.41, 5.74) is 0. The summed E-state index contributed by atoms with van der Waals surface area (Å²) in [4.78, 5) is 0. The Morgan fingerprint density at radius 3 is 2.67 bits per heavy atom. The molecule has 1 saturated carbocycles. The predicted octanol–water partition coefficient (Wildman–Crippen LogP) is 3.63. The van der Waals surface area contributed by atoms with Gasteiger partial charge in [-0.05, 0) is 42.9 Å². The third kappa shape index (κ3) is 1.57. The number of fused-ring (bicyclic) bond motifs is 1. The quantitative estimate of drug-likeness (QED) is 0.479. The minimum absolute atomic E-state index is 0.847. The van der Waals surface area contributed by atoms with E-state index < -0.39 is 0 Å². The lowest BCUT2D eigenvalue weighted by Gasteiger charge is -2.37. The van der Waals surface area contributed by atoms with E-state index in [-0.39, 0.29) is 0 Å². The molecule has 0 saturated heterocycles. The summed E-state index contributed by atoms with van der Waals surface area (Å²) < 4.78 is 0. The minimum atomic E-state index is 0.847. The number of allylic oxidation sites excluding steroid dienone is 2. The van der Waals surface area contributed by atoms with Crippen LogP contribution in [0.1, 0.15) is 39.5 Å². The Kier molecular flexibility index (Phi) is 2.25. The van der Waals surface area contributed by atoms with Crippen molar-refractivity contribution in [2.75, 3.05) is 0 Å². The van der Waals surface area contributed by atoms with Gasteiger partial charge in [-0.1, -0.05) is 32.4 Å². The standard InChI is InChI=1S/C12H20/c1-9-3-5-12-8-10(2)4-6-11(12)7-9/h3,5,9-12H,4,6-8H2,1-2H3. The average molecular weight is 164 g/mol. The second kappa shape index (κ2) is 3.24. The first-order valence-electron chi connectivity index (χ1n) is 5.44. The normalized spacial score (nSPS) is 47.2. The third-order valence-electron chi connectivity index (χ3n) is 3.67. The Labute approximate surface area is 76.1 Å². The van der Waals surface area contributed by atoms with Crippen LogP contribution < -0.4 is 0 Å². The Balaban J connectivity index is 2.04. The average Bonchev–Trinajstić information content (AvgIpc) is 2.05. The summed E-state index contributed by atoms with van der Waals surface area (Å²) in [6, 6.07) is 0. The van der Waals surface area contributed by atoms with Crippen LogP contribution in [-0.2, 0) is 0 Å². The molecule has 0 nitrogen and oxygen atoms in total. The molecule has 0 spiro atoms. The Bertz CT molecular complexity index is 180. The molecule has 0 heterocycles. The lowest BCUT2D eigenvalue weighted by atomic mass is 9.69. The van der Waals surface area contributed by atoms with E-state index in [4.69, 9.17) is 0 Å². The van der Waals surface area contributed by atoms with Crippen molar-refractivity contribution in [1.29, 1.82) is 0 Å². The fourth-order valence-corrected chi connectivity index (χ4v) is 2.90. The highest BCUT2D eigenvalue weighted by Gasteiger charge is 2.29. The summed E-state index contributed by atoms with van der Waals surface area (Å²) in [7, 11) is 0. The van der Waals surface area contributed by atoms with Crippen LogP contribution in [0.25, 0.3) is 0 Å². The molecule has 0 amide bonds. The zero-order valence-corrected chi connectivity index (χ0v) is 8.29. The van der Waals surface area contributed by atoms with Crippen molar-refractivity contribution in [1.82, 2.24) is 0 Å². The largest absolute Gasteiger partial charge is 0.0854 e. The van der Waals surface area contributed by atoms with Crippen molar-refractivity contribution in [3.8, 4) is 0 Å². The molecule has 1 fully saturated rings. The SMILES string of the molecule is CC1C=CC2CC(C)CCC2C1. The van der Waals surface area contributed by atoms with Gasteiger partial charge in [0.05, 0.1) is 0 Å². The molecule has 0 radical (unpaired) electrons. The molecule has 0 bridgehead atoms. The molecule has 0 aromatic heterocycles. The number of hydrogen-bond donors (Lipinski definition) is 0. The van der Waals surface area contributed by atoms with Gasteiger partial charge in [-0.25, -0.2) is 0 Å². The van der Waals surface area contributed by atoms with Crippen LogP contribution in [0.2, 0.25) is 0 Å². The van der Waals surface area contributed by atoms with E-state index in [9.17, 15) is 0 Å². The molecule has 0 aliphatic heterocycles. The highest BCUT2D eigenvalue weighted by molar-refractivity contribution is 5.02. The van der Waals surface area contributed by atoms with Crippen molar-refractivity contribution < 1.29 is 0 Å². The van der Waals surface area contributed by atoms with Gasteiger partial charge >= 0.3 is 0 Å². The van der Waals surface area contributed by atoms with Crippen LogP contribution in [-0.4, -0.2) is 0 Å². The molecule has 12 heavy (non-hydrogen) atoms. The number of rotatable bonds is 0. The first-order chi connectivity index (χ1) is 5.75. The van der Waals surface area contributed by atoms with Gasteiger partial charge in [0.15, 0.2) is 0 Å². The van der Waals surface area contributed by atoms with Gasteiger partial charge in [-0.2, -0.15) is 0 Å². The summed E-state index contributed by atoms with van der Waals surface area (Å²) in [6.45, 7) is 4.76. The van der Waals surface area contributed by atoms with E-state index in [0.29, 0.717) is 0 Å². The molecule has 0 N–H and O–H groups in total. The third-order valence-corrected chi connectivity index (χ3v) is 3.67. The van der Waals surface area contributed by atoms with E-state index in [1.807, 2.05) is 0 Å². The van der Waals surface area contributed by atoms with E-state index in [2.05, 4.69) is 26.0 Å². The minimum Gasteiger partial charge on any atom is -0.0854 e. The van der Waals surface area contributed by atoms with E-state index in [1.54, 1.807) is 0 Å². The van der Waals surface area contributed by atoms with Crippen LogP contribution in [0.4, 0.5) is 0 Å². The lowest BCUT2D eigenvalue weighted by molar-refractivity contribution is 0.193. The van der Waals surface area contributed by atoms with Crippen molar-refractivity contribution in [2.45, 2.75) is 39.5 Å². The summed E-state index contributed by atoms with van der Waals surface area (Å²) in [5.74, 6) is 3.79. The van der Waals surface area contributed by atoms with Gasteiger partial charge in [-0.15, -0.1) is 0 Å². The van der Waals surface area contributed by atoms with Crippen molar-refractivity contribution in [3.63, 3.8) is 0 Å². The zero-order valence-electron chi connectivity index (χ0n) is 8.29. The van der Waals surface area contributed by atoms with Crippen molar-refractivity contribution in [3.05, 3.63) is 12.2 Å². The first kappa shape index (κ1) is 8.34. The van der Waals surface area contributed by atoms with Crippen molar-refractivity contribution >= 4 is 0 Å². The topological polar surface area (TPSA) is 0 Å². The van der Waals surface area contributed by atoms with E-state index in [0.717, 1.165) is 23.7 Å². The van der Waals surface area contributed by atoms with Crippen LogP contribution in [0.15, 0.2) is 12.2 Å². The van der Waals surface area contributed by atoms with Crippen LogP contribution in [0, 0.1) is 23.7 Å². The summed E-state index contributed by atoms with van der Waals surface area (Å²) >= 11 is 0. The summed E-state index contributed by atoms with van der Waals surface area (Å²) in [6.07, 6.45) is 10.8. The van der Waals surface area contributed by atoms with Crippen LogP contribution in [0.3, 0.4) is 0 Å². The van der Waals surface area contributed by atoms with Crippen LogP contribution in [0.5, 0.6) is 0 Å². The maximum Gasteiger partial charge on any atom is -0.0202 e. The van der Waals surface area contributed by atoms with E-state index in [1.165, 1.54) is 25.7 Å². The van der Waals surface area contributed by atoms with Gasteiger partial charge < -0.3 is 0 Å². The second-order valence-electron chi connectivity index (χ2n) is 4.94. The molecule has 68 valence electrons. The Morgan fingerprint density at radius 2 is 1.83 bits per heavy atom. The van der Waals surface area contributed by atoms with E-state index >= 15 is 0 Å². The monoisotopic (exact) mass is 164 g/mol. The van der Waals surface area contributed by atoms with Gasteiger partial charge in [0.25, 0.3) is 0 Å². The zero-order chi connectivity index (χ0) is 8.55. The predicted molar refractivity (Wildman–Crippen MR) is 52.9 cm³/mol. The van der Waals surface area contributed by atoms with Gasteiger partial charge in [0, 0.05) is 0 Å². The van der Waals surface area contributed by atoms with Gasteiger partial charge in [0.2, 0.25) is 0 Å². The Morgan fingerprint density at radius 1 is 1.00 bits per heavy atom. The summed E-state index contributed by atoms with van der Waals surface area (Å²) in [5, 5.41) is 0. The van der Waals surface area contributed by atoms with Gasteiger partial charge in [-0.3, -0.25) is 0 Å². The fourth-order valence-electron chi connectivity index (χ4n) is 2.90. The molecule has 0 aromatic rings. The molecular weight excluding hydrogens is 144 g/mol.